The van der Waals surface area contributed by atoms with Gasteiger partial charge in [0.1, 0.15) is 0 Å². The van der Waals surface area contributed by atoms with E-state index in [2.05, 4.69) is 10.2 Å². The van der Waals surface area contributed by atoms with E-state index in [0.717, 1.165) is 32.5 Å². The van der Waals surface area contributed by atoms with Crippen LogP contribution in [0, 0.1) is 0 Å². The summed E-state index contributed by atoms with van der Waals surface area (Å²) in [4.78, 5) is 2.23. The smallest absolute Gasteiger partial charge is 0.151 e. The fourth-order valence-electron chi connectivity index (χ4n) is 2.54. The standard InChI is InChI=1S/C10H20N2O3S/c13-7-9-6-12(4-1-3-11-9)10-2-5-16(14,15)8-10/h9-11,13H,1-8H2. The predicted octanol–water partition coefficient (Wildman–Crippen LogP) is -1.17. The molecular weight excluding hydrogens is 228 g/mol. The molecule has 2 N–H and O–H groups in total. The highest BCUT2D eigenvalue weighted by molar-refractivity contribution is 7.91. The first-order valence-corrected chi connectivity index (χ1v) is 7.71. The molecule has 94 valence electrons. The summed E-state index contributed by atoms with van der Waals surface area (Å²) < 4.78 is 22.9. The maximum absolute atomic E-state index is 11.4. The highest BCUT2D eigenvalue weighted by Gasteiger charge is 2.33. The number of hydrogen-bond acceptors (Lipinski definition) is 5. The van der Waals surface area contributed by atoms with Crippen LogP contribution in [0.15, 0.2) is 0 Å². The number of nitrogens with one attached hydrogen (secondary N) is 1. The van der Waals surface area contributed by atoms with Crippen LogP contribution in [0.1, 0.15) is 12.8 Å². The van der Waals surface area contributed by atoms with Gasteiger partial charge in [-0.3, -0.25) is 4.90 Å². The second-order valence-electron chi connectivity index (χ2n) is 4.74. The van der Waals surface area contributed by atoms with E-state index in [9.17, 15) is 13.5 Å². The van der Waals surface area contributed by atoms with E-state index in [-0.39, 0.29) is 18.7 Å². The van der Waals surface area contributed by atoms with Crippen LogP contribution in [0.25, 0.3) is 0 Å². The van der Waals surface area contributed by atoms with Crippen LogP contribution >= 0.6 is 0 Å². The van der Waals surface area contributed by atoms with Gasteiger partial charge in [0.2, 0.25) is 0 Å². The van der Waals surface area contributed by atoms with Crippen LogP contribution in [0.5, 0.6) is 0 Å². The van der Waals surface area contributed by atoms with Crippen molar-refractivity contribution >= 4 is 9.84 Å². The first-order chi connectivity index (χ1) is 7.61. The second-order valence-corrected chi connectivity index (χ2v) is 6.97. The third-order valence-electron chi connectivity index (χ3n) is 3.46. The molecule has 0 saturated carbocycles. The molecule has 2 fully saturated rings. The van der Waals surface area contributed by atoms with Crippen molar-refractivity contribution < 1.29 is 13.5 Å². The summed E-state index contributed by atoms with van der Waals surface area (Å²) in [5, 5.41) is 12.4. The molecule has 2 atom stereocenters. The van der Waals surface area contributed by atoms with Gasteiger partial charge in [-0.1, -0.05) is 0 Å². The summed E-state index contributed by atoms with van der Waals surface area (Å²) in [6.07, 6.45) is 1.77. The summed E-state index contributed by atoms with van der Waals surface area (Å²) in [5.41, 5.74) is 0. The van der Waals surface area contributed by atoms with Gasteiger partial charge < -0.3 is 10.4 Å². The Morgan fingerprint density at radius 3 is 2.88 bits per heavy atom. The van der Waals surface area contributed by atoms with Crippen LogP contribution in [0.4, 0.5) is 0 Å². The van der Waals surface area contributed by atoms with Crippen LogP contribution < -0.4 is 5.32 Å². The second kappa shape index (κ2) is 5.00. The Labute approximate surface area is 96.7 Å². The average Bonchev–Trinajstić information content (AvgIpc) is 2.51. The molecule has 5 nitrogen and oxygen atoms in total. The Morgan fingerprint density at radius 1 is 1.44 bits per heavy atom. The van der Waals surface area contributed by atoms with Crippen molar-refractivity contribution in [3.63, 3.8) is 0 Å². The Balaban J connectivity index is 1.97. The van der Waals surface area contributed by atoms with Gasteiger partial charge >= 0.3 is 0 Å². The zero-order valence-electron chi connectivity index (χ0n) is 9.43. The van der Waals surface area contributed by atoms with Crippen LogP contribution in [0.2, 0.25) is 0 Å². The van der Waals surface area contributed by atoms with Crippen molar-refractivity contribution in [1.82, 2.24) is 10.2 Å². The molecule has 0 aromatic rings. The summed E-state index contributed by atoms with van der Waals surface area (Å²) >= 11 is 0. The molecule has 16 heavy (non-hydrogen) atoms. The lowest BCUT2D eigenvalue weighted by Crippen LogP contribution is -2.44. The number of rotatable bonds is 2. The van der Waals surface area contributed by atoms with E-state index in [1.165, 1.54) is 0 Å². The minimum atomic E-state index is -2.81. The van der Waals surface area contributed by atoms with Crippen molar-refractivity contribution in [2.75, 3.05) is 37.7 Å². The number of aliphatic hydroxyl groups excluding tert-OH is 1. The summed E-state index contributed by atoms with van der Waals surface area (Å²) in [6.45, 7) is 2.72. The third-order valence-corrected chi connectivity index (χ3v) is 5.21. The lowest BCUT2D eigenvalue weighted by atomic mass is 10.2. The van der Waals surface area contributed by atoms with Gasteiger partial charge in [0.05, 0.1) is 18.1 Å². The van der Waals surface area contributed by atoms with Crippen molar-refractivity contribution in [3.05, 3.63) is 0 Å². The van der Waals surface area contributed by atoms with Crippen LogP contribution in [-0.4, -0.2) is 68.3 Å². The third kappa shape index (κ3) is 2.94. The molecule has 2 saturated heterocycles. The molecule has 2 aliphatic heterocycles. The maximum atomic E-state index is 11.4. The number of aliphatic hydroxyl groups is 1. The highest BCUT2D eigenvalue weighted by atomic mass is 32.2. The van der Waals surface area contributed by atoms with Crippen molar-refractivity contribution in [1.29, 1.82) is 0 Å². The lowest BCUT2D eigenvalue weighted by Gasteiger charge is -2.28. The van der Waals surface area contributed by atoms with E-state index in [1.54, 1.807) is 0 Å². The number of hydrogen-bond donors (Lipinski definition) is 2. The Hall–Kier alpha value is -0.170. The molecule has 0 aromatic carbocycles. The largest absolute Gasteiger partial charge is 0.395 e. The van der Waals surface area contributed by atoms with Gasteiger partial charge in [-0.2, -0.15) is 0 Å². The zero-order valence-corrected chi connectivity index (χ0v) is 10.2. The summed E-state index contributed by atoms with van der Waals surface area (Å²) in [5.74, 6) is 0.622. The first kappa shape index (κ1) is 12.3. The van der Waals surface area contributed by atoms with Gasteiger partial charge in [-0.05, 0) is 25.9 Å². The van der Waals surface area contributed by atoms with Crippen molar-refractivity contribution in [2.24, 2.45) is 0 Å². The van der Waals surface area contributed by atoms with Crippen LogP contribution in [0.3, 0.4) is 0 Å². The molecular formula is C10H20N2O3S. The van der Waals surface area contributed by atoms with Gasteiger partial charge in [0.25, 0.3) is 0 Å². The Kier molecular flexibility index (Phi) is 3.84. The lowest BCUT2D eigenvalue weighted by molar-refractivity contribution is 0.172. The molecule has 6 heteroatoms. The predicted molar refractivity (Wildman–Crippen MR) is 62.1 cm³/mol. The fourth-order valence-corrected chi connectivity index (χ4v) is 4.31. The molecule has 0 radical (unpaired) electrons. The quantitative estimate of drug-likeness (QED) is 0.644. The average molecular weight is 248 g/mol. The van der Waals surface area contributed by atoms with Gasteiger partial charge in [0, 0.05) is 18.6 Å². The maximum Gasteiger partial charge on any atom is 0.151 e. The zero-order chi connectivity index (χ0) is 11.6. The van der Waals surface area contributed by atoms with E-state index >= 15 is 0 Å². The normalized spacial score (nSPS) is 36.1. The minimum Gasteiger partial charge on any atom is -0.395 e. The number of nitrogens with zero attached hydrogens (tertiary/aromatic N) is 1. The van der Waals surface area contributed by atoms with Crippen molar-refractivity contribution in [3.8, 4) is 0 Å². The van der Waals surface area contributed by atoms with Gasteiger partial charge in [-0.15, -0.1) is 0 Å². The molecule has 0 amide bonds. The molecule has 2 heterocycles. The topological polar surface area (TPSA) is 69.6 Å². The molecule has 0 aliphatic carbocycles. The summed E-state index contributed by atoms with van der Waals surface area (Å²) in [6, 6.07) is 0.254. The van der Waals surface area contributed by atoms with E-state index in [4.69, 9.17) is 0 Å². The van der Waals surface area contributed by atoms with E-state index in [0.29, 0.717) is 11.5 Å². The fraction of sp³-hybridized carbons (Fsp3) is 1.00. The Bertz CT molecular complexity index is 331. The SMILES string of the molecule is O=S1(=O)CCC(N2CCCNC(CO)C2)C1. The molecule has 2 aliphatic rings. The molecule has 0 bridgehead atoms. The highest BCUT2D eigenvalue weighted by Crippen LogP contribution is 2.19. The molecule has 0 aromatic heterocycles. The van der Waals surface area contributed by atoms with Gasteiger partial charge in [0.15, 0.2) is 9.84 Å². The molecule has 2 rings (SSSR count). The minimum absolute atomic E-state index is 0.0887. The van der Waals surface area contributed by atoms with E-state index in [1.807, 2.05) is 0 Å². The van der Waals surface area contributed by atoms with Gasteiger partial charge in [-0.25, -0.2) is 8.42 Å². The molecule has 0 spiro atoms. The monoisotopic (exact) mass is 248 g/mol. The Morgan fingerprint density at radius 2 is 2.25 bits per heavy atom. The van der Waals surface area contributed by atoms with Crippen molar-refractivity contribution in [2.45, 2.75) is 24.9 Å². The van der Waals surface area contributed by atoms with Crippen LogP contribution in [-0.2, 0) is 9.84 Å². The molecule has 2 unspecified atom stereocenters. The summed E-state index contributed by atoms with van der Waals surface area (Å²) in [7, 11) is -2.81. The first-order valence-electron chi connectivity index (χ1n) is 5.89. The number of sulfone groups is 1. The van der Waals surface area contributed by atoms with E-state index < -0.39 is 9.84 Å².